The number of rotatable bonds is 46. The van der Waals surface area contributed by atoms with Gasteiger partial charge in [0.05, 0.1) is 39.9 Å². The Kier molecular flexibility index (Phi) is 46.8. The van der Waals surface area contributed by atoms with Gasteiger partial charge >= 0.3 is 0 Å². The minimum Gasteiger partial charge on any atom is -0.756 e. The first-order chi connectivity index (χ1) is 33.5. The zero-order chi connectivity index (χ0) is 50.6. The molecule has 0 aromatic rings. The Labute approximate surface area is 423 Å². The maximum absolute atomic E-state index is 12.9. The Balaban J connectivity index is 4.42. The molecule has 8 nitrogen and oxygen atoms in total. The quantitative estimate of drug-likeness (QED) is 0.0272. The maximum Gasteiger partial charge on any atom is 0.268 e. The van der Waals surface area contributed by atoms with Gasteiger partial charge in [0.15, 0.2) is 0 Å². The summed E-state index contributed by atoms with van der Waals surface area (Å²) in [5.74, 6) is -0.251. The Morgan fingerprint density at radius 3 is 1.35 bits per heavy atom. The first-order valence-corrected chi connectivity index (χ1v) is 28.2. The molecule has 2 N–H and O–H groups in total. The molecule has 3 atom stereocenters. The van der Waals surface area contributed by atoms with Gasteiger partial charge in [-0.25, -0.2) is 0 Å². The summed E-state index contributed by atoms with van der Waals surface area (Å²) in [7, 11) is 1.18. The van der Waals surface area contributed by atoms with Crippen LogP contribution in [0.3, 0.4) is 0 Å². The number of nitrogens with zero attached hydrogens (tertiary/aromatic N) is 1. The van der Waals surface area contributed by atoms with Crippen LogP contribution in [-0.2, 0) is 18.4 Å². The molecule has 0 aromatic carbocycles. The first-order valence-electron chi connectivity index (χ1n) is 26.7. The molecule has 0 saturated heterocycles. The zero-order valence-corrected chi connectivity index (χ0v) is 45.1. The van der Waals surface area contributed by atoms with Gasteiger partial charge in [0.2, 0.25) is 5.91 Å². The van der Waals surface area contributed by atoms with E-state index in [4.69, 9.17) is 9.05 Å². The van der Waals surface area contributed by atoms with Gasteiger partial charge < -0.3 is 28.8 Å². The van der Waals surface area contributed by atoms with Crippen molar-refractivity contribution in [2.24, 2.45) is 0 Å². The van der Waals surface area contributed by atoms with E-state index in [0.717, 1.165) is 103 Å². The van der Waals surface area contributed by atoms with Crippen LogP contribution in [0.25, 0.3) is 0 Å². The number of amides is 1. The summed E-state index contributed by atoms with van der Waals surface area (Å²) >= 11 is 0. The number of phosphoric ester groups is 1. The summed E-state index contributed by atoms with van der Waals surface area (Å²) in [5.41, 5.74) is 0. The van der Waals surface area contributed by atoms with E-state index in [1.54, 1.807) is 6.08 Å². The van der Waals surface area contributed by atoms with Gasteiger partial charge in [0.1, 0.15) is 13.2 Å². The molecule has 0 saturated carbocycles. The summed E-state index contributed by atoms with van der Waals surface area (Å²) < 4.78 is 23.2. The van der Waals surface area contributed by atoms with Crippen LogP contribution in [0.5, 0.6) is 0 Å². The number of allylic oxidation sites excluding steroid dienone is 23. The molecule has 0 heterocycles. The average Bonchev–Trinajstić information content (AvgIpc) is 3.31. The lowest BCUT2D eigenvalue weighted by Gasteiger charge is -2.29. The summed E-state index contributed by atoms with van der Waals surface area (Å²) in [6.45, 7) is 4.43. The number of hydrogen-bond acceptors (Lipinski definition) is 6. The lowest BCUT2D eigenvalue weighted by atomic mass is 10.1. The SMILES string of the molecule is CC/C=C\C/C=C\C/C=C\C/C=C\C/C=C\C/C=C\C/C=C\C/C=C\C/C=C\CCCCCC(=O)NC(COP(=O)([O-])OCC[N+](C)(C)C)C(O)/C=C/CC/C=C/CC/C=C/CCCCCCCC. The topological polar surface area (TPSA) is 108 Å². The van der Waals surface area contributed by atoms with E-state index in [2.05, 4.69) is 153 Å². The Morgan fingerprint density at radius 1 is 0.522 bits per heavy atom. The molecule has 0 spiro atoms. The number of likely N-dealkylation sites (N-methyl/N-ethyl adjacent to an activating group) is 1. The Hall–Kier alpha value is -3.62. The van der Waals surface area contributed by atoms with Crippen LogP contribution >= 0.6 is 7.82 Å². The van der Waals surface area contributed by atoms with Crippen LogP contribution in [0, 0.1) is 0 Å². The number of hydrogen-bond donors (Lipinski definition) is 2. The number of phosphoric acid groups is 1. The van der Waals surface area contributed by atoms with Crippen molar-refractivity contribution in [3.8, 4) is 0 Å². The number of carbonyl (C=O) groups excluding carboxylic acids is 1. The van der Waals surface area contributed by atoms with Crippen LogP contribution in [0.15, 0.2) is 146 Å². The molecule has 0 aromatic heterocycles. The molecule has 0 fully saturated rings. The number of quaternary nitrogens is 1. The smallest absolute Gasteiger partial charge is 0.268 e. The van der Waals surface area contributed by atoms with Crippen LogP contribution in [0.4, 0.5) is 0 Å². The molecular weight excluding hydrogens is 876 g/mol. The Morgan fingerprint density at radius 2 is 0.899 bits per heavy atom. The highest BCUT2D eigenvalue weighted by Crippen LogP contribution is 2.38. The van der Waals surface area contributed by atoms with Gasteiger partial charge in [-0.15, -0.1) is 0 Å². The molecule has 3 unspecified atom stereocenters. The molecule has 9 heteroatoms. The van der Waals surface area contributed by atoms with Crippen molar-refractivity contribution in [1.29, 1.82) is 0 Å². The third-order valence-electron chi connectivity index (χ3n) is 10.8. The summed E-state index contributed by atoms with van der Waals surface area (Å²) in [6.07, 6.45) is 76.3. The monoisotopic (exact) mass is 975 g/mol. The van der Waals surface area contributed by atoms with Crippen molar-refractivity contribution in [2.45, 2.75) is 187 Å². The van der Waals surface area contributed by atoms with E-state index in [0.29, 0.717) is 23.9 Å². The molecule has 69 heavy (non-hydrogen) atoms. The summed E-state index contributed by atoms with van der Waals surface area (Å²) in [5, 5.41) is 13.8. The molecule has 0 radical (unpaired) electrons. The van der Waals surface area contributed by atoms with Gasteiger partial charge in [-0.05, 0) is 116 Å². The maximum atomic E-state index is 12.9. The normalized spacial score (nSPS) is 15.2. The van der Waals surface area contributed by atoms with Crippen molar-refractivity contribution < 1.29 is 32.9 Å². The van der Waals surface area contributed by atoms with Crippen molar-refractivity contribution in [1.82, 2.24) is 5.32 Å². The summed E-state index contributed by atoms with van der Waals surface area (Å²) in [4.78, 5) is 25.4. The van der Waals surface area contributed by atoms with E-state index < -0.39 is 26.6 Å². The predicted octanol–water partition coefficient (Wildman–Crippen LogP) is 15.5. The third-order valence-corrected chi connectivity index (χ3v) is 11.7. The van der Waals surface area contributed by atoms with Crippen LogP contribution in [0.1, 0.15) is 174 Å². The zero-order valence-electron chi connectivity index (χ0n) is 44.2. The number of carbonyl (C=O) groups is 1. The van der Waals surface area contributed by atoms with E-state index in [9.17, 15) is 19.4 Å². The first kappa shape index (κ1) is 65.4. The lowest BCUT2D eigenvalue weighted by molar-refractivity contribution is -0.870. The number of aliphatic hydroxyl groups is 1. The second-order valence-electron chi connectivity index (χ2n) is 18.5. The number of unbranched alkanes of at least 4 members (excludes halogenated alkanes) is 11. The van der Waals surface area contributed by atoms with Crippen LogP contribution in [0.2, 0.25) is 0 Å². The third kappa shape index (κ3) is 52.0. The van der Waals surface area contributed by atoms with Crippen molar-refractivity contribution in [3.05, 3.63) is 146 Å². The van der Waals surface area contributed by atoms with Crippen molar-refractivity contribution in [3.63, 3.8) is 0 Å². The largest absolute Gasteiger partial charge is 0.756 e. The number of aliphatic hydroxyl groups excluding tert-OH is 1. The van der Waals surface area contributed by atoms with Gasteiger partial charge in [-0.1, -0.05) is 198 Å². The van der Waals surface area contributed by atoms with E-state index in [-0.39, 0.29) is 18.9 Å². The van der Waals surface area contributed by atoms with Gasteiger partial charge in [-0.2, -0.15) is 0 Å². The fraction of sp³-hybridized carbons (Fsp3) is 0.583. The van der Waals surface area contributed by atoms with E-state index in [1.807, 2.05) is 27.2 Å². The molecule has 0 aliphatic heterocycles. The highest BCUT2D eigenvalue weighted by Gasteiger charge is 2.23. The predicted molar refractivity (Wildman–Crippen MR) is 297 cm³/mol. The van der Waals surface area contributed by atoms with Gasteiger partial charge in [0, 0.05) is 6.42 Å². The number of nitrogens with one attached hydrogen (secondary N) is 1. The standard InChI is InChI=1S/C60H99N2O6P/c1-6-8-10-12-14-16-18-20-22-24-25-26-27-28-29-30-31-32-33-34-35-36-37-38-40-42-44-46-48-50-52-54-60(64)61-58(57-68-69(65,66)67-56-55-62(3,4)5)59(63)53-51-49-47-45-43-41-39-23-21-19-17-15-13-11-9-7-2/h8,10,14,16,20-23,25-26,28-29,31-32,34-35,37-38,42-45,51,53,58-59,63H,6-7,9,11-13,15,17-19,24,27,30,33,36,39-41,46-50,52,54-57H2,1-5H3,(H-,61,64,65,66)/b10-8-,16-14-,22-20-,23-21+,26-25-,29-28-,32-31-,35-34-,38-37-,44-42-,45-43+,53-51+. The molecule has 0 bridgehead atoms. The van der Waals surface area contributed by atoms with E-state index >= 15 is 0 Å². The average molecular weight is 975 g/mol. The fourth-order valence-electron chi connectivity index (χ4n) is 6.59. The minimum atomic E-state index is -4.63. The molecule has 0 aliphatic rings. The molecule has 390 valence electrons. The summed E-state index contributed by atoms with van der Waals surface area (Å²) in [6, 6.07) is -0.939. The van der Waals surface area contributed by atoms with Crippen LogP contribution < -0.4 is 10.2 Å². The molecule has 0 rings (SSSR count). The minimum absolute atomic E-state index is 0.0247. The Bertz CT molecular complexity index is 1620. The molecule has 0 aliphatic carbocycles. The van der Waals surface area contributed by atoms with Gasteiger partial charge in [0.25, 0.3) is 7.82 Å². The van der Waals surface area contributed by atoms with Crippen LogP contribution in [-0.4, -0.2) is 68.5 Å². The molecule has 1 amide bonds. The van der Waals surface area contributed by atoms with Gasteiger partial charge in [-0.3, -0.25) is 9.36 Å². The van der Waals surface area contributed by atoms with E-state index in [1.165, 1.54) is 38.5 Å². The molecular formula is C60H99N2O6P. The lowest BCUT2D eigenvalue weighted by Crippen LogP contribution is -2.45. The van der Waals surface area contributed by atoms with Crippen molar-refractivity contribution in [2.75, 3.05) is 40.9 Å². The fourth-order valence-corrected chi connectivity index (χ4v) is 7.31. The second kappa shape index (κ2) is 49.4. The highest BCUT2D eigenvalue weighted by atomic mass is 31.2. The second-order valence-corrected chi connectivity index (χ2v) is 19.9. The highest BCUT2D eigenvalue weighted by molar-refractivity contribution is 7.45. The van der Waals surface area contributed by atoms with Crippen molar-refractivity contribution >= 4 is 13.7 Å².